The summed E-state index contributed by atoms with van der Waals surface area (Å²) < 4.78 is 31.6. The molecule has 1 amide bonds. The molecule has 0 atom stereocenters. The Morgan fingerprint density at radius 2 is 1.91 bits per heavy atom. The fourth-order valence-corrected chi connectivity index (χ4v) is 4.61. The highest BCUT2D eigenvalue weighted by atomic mass is 35.5. The molecule has 0 aliphatic carbocycles. The van der Waals surface area contributed by atoms with Crippen molar-refractivity contribution in [2.24, 2.45) is 5.10 Å². The number of rotatable bonds is 8. The van der Waals surface area contributed by atoms with E-state index in [9.17, 15) is 14.0 Å². The van der Waals surface area contributed by atoms with Crippen LogP contribution in [0.3, 0.4) is 0 Å². The van der Waals surface area contributed by atoms with E-state index in [0.717, 1.165) is 5.39 Å². The number of ether oxygens (including phenoxy) is 2. The second-order valence-corrected chi connectivity index (χ2v) is 9.80. The molecule has 0 saturated heterocycles. The Morgan fingerprint density at radius 3 is 2.74 bits per heavy atom. The van der Waals surface area contributed by atoms with E-state index in [2.05, 4.69) is 15.4 Å². The summed E-state index contributed by atoms with van der Waals surface area (Å²) >= 11 is 6.15. The predicted octanol–water partition coefficient (Wildman–Crippen LogP) is 6.51. The van der Waals surface area contributed by atoms with E-state index in [0.29, 0.717) is 50.0 Å². The van der Waals surface area contributed by atoms with Gasteiger partial charge in [0.15, 0.2) is 23.9 Å². The third kappa shape index (κ3) is 5.95. The average molecular weight is 597 g/mol. The zero-order chi connectivity index (χ0) is 29.9. The van der Waals surface area contributed by atoms with Crippen LogP contribution < -0.4 is 20.3 Å². The van der Waals surface area contributed by atoms with Crippen molar-refractivity contribution in [3.8, 4) is 23.1 Å². The van der Waals surface area contributed by atoms with Gasteiger partial charge in [-0.3, -0.25) is 9.59 Å². The molecular formula is C32H22ClFN4O5. The maximum Gasteiger partial charge on any atom is 0.282 e. The second-order valence-electron chi connectivity index (χ2n) is 9.36. The first kappa shape index (κ1) is 27.7. The number of carbonyl (C=O) groups is 1. The Morgan fingerprint density at radius 1 is 1.05 bits per heavy atom. The molecule has 1 N–H and O–H groups in total. The van der Waals surface area contributed by atoms with Crippen LogP contribution >= 0.6 is 11.6 Å². The zero-order valence-corrected chi connectivity index (χ0v) is 23.3. The van der Waals surface area contributed by atoms with Crippen LogP contribution in [-0.4, -0.2) is 35.5 Å². The normalized spacial score (nSPS) is 11.3. The van der Waals surface area contributed by atoms with Crippen LogP contribution in [0.2, 0.25) is 5.02 Å². The number of nitrogens with one attached hydrogen (secondary N) is 1. The fraction of sp³-hybridized carbons (Fsp3) is 0.0625. The number of hydrogen-bond acceptors (Lipinski definition) is 7. The number of amides is 1. The van der Waals surface area contributed by atoms with E-state index in [1.165, 1.54) is 36.2 Å². The third-order valence-electron chi connectivity index (χ3n) is 6.43. The number of benzene rings is 4. The summed E-state index contributed by atoms with van der Waals surface area (Å²) in [6.45, 7) is -0.329. The molecule has 214 valence electrons. The summed E-state index contributed by atoms with van der Waals surface area (Å²) in [5, 5.41) is 8.73. The van der Waals surface area contributed by atoms with Gasteiger partial charge in [-0.2, -0.15) is 9.78 Å². The highest BCUT2D eigenvalue weighted by molar-refractivity contribution is 6.31. The first-order chi connectivity index (χ1) is 20.9. The monoisotopic (exact) mass is 596 g/mol. The molecule has 0 bridgehead atoms. The molecule has 6 aromatic rings. The van der Waals surface area contributed by atoms with E-state index in [1.54, 1.807) is 72.8 Å². The van der Waals surface area contributed by atoms with Crippen molar-refractivity contribution in [3.63, 3.8) is 0 Å². The summed E-state index contributed by atoms with van der Waals surface area (Å²) in [5.74, 6) is 0.260. The molecule has 0 radical (unpaired) electrons. The lowest BCUT2D eigenvalue weighted by molar-refractivity contribution is -0.118. The highest BCUT2D eigenvalue weighted by Crippen LogP contribution is 2.30. The number of furan rings is 1. The Kier molecular flexibility index (Phi) is 7.59. The minimum absolute atomic E-state index is 0.212. The van der Waals surface area contributed by atoms with Crippen molar-refractivity contribution in [2.45, 2.75) is 0 Å². The molecule has 43 heavy (non-hydrogen) atoms. The van der Waals surface area contributed by atoms with Crippen LogP contribution in [-0.2, 0) is 4.79 Å². The van der Waals surface area contributed by atoms with Crippen molar-refractivity contribution in [3.05, 3.63) is 118 Å². The number of anilines is 1. The second kappa shape index (κ2) is 11.8. The molecule has 2 aromatic heterocycles. The molecule has 2 heterocycles. The van der Waals surface area contributed by atoms with Crippen molar-refractivity contribution in [1.29, 1.82) is 0 Å². The minimum Gasteiger partial charge on any atom is -0.493 e. The Balaban J connectivity index is 1.29. The Labute approximate surface area is 248 Å². The molecular weight excluding hydrogens is 575 g/mol. The van der Waals surface area contributed by atoms with Crippen molar-refractivity contribution < 1.29 is 23.1 Å². The van der Waals surface area contributed by atoms with Gasteiger partial charge in [-0.15, -0.1) is 0 Å². The van der Waals surface area contributed by atoms with E-state index in [4.69, 9.17) is 25.5 Å². The lowest BCUT2D eigenvalue weighted by Crippen LogP contribution is -2.20. The van der Waals surface area contributed by atoms with Gasteiger partial charge in [0.25, 0.3) is 11.5 Å². The topological polar surface area (TPSA) is 108 Å². The summed E-state index contributed by atoms with van der Waals surface area (Å²) in [7, 11) is 1.46. The lowest BCUT2D eigenvalue weighted by Gasteiger charge is -2.12. The van der Waals surface area contributed by atoms with E-state index in [-0.39, 0.29) is 18.0 Å². The number of methoxy groups -OCH3 is 1. The van der Waals surface area contributed by atoms with Gasteiger partial charge in [0, 0.05) is 16.1 Å². The summed E-state index contributed by atoms with van der Waals surface area (Å²) in [6.07, 6.45) is 1.48. The molecule has 0 saturated carbocycles. The first-order valence-corrected chi connectivity index (χ1v) is 13.4. The first-order valence-electron chi connectivity index (χ1n) is 13.0. The Hall–Kier alpha value is -5.48. The van der Waals surface area contributed by atoms with Gasteiger partial charge in [0.05, 0.1) is 24.2 Å². The van der Waals surface area contributed by atoms with Gasteiger partial charge in [-0.1, -0.05) is 29.8 Å². The molecule has 9 nitrogen and oxygen atoms in total. The van der Waals surface area contributed by atoms with Gasteiger partial charge >= 0.3 is 0 Å². The van der Waals surface area contributed by atoms with Crippen molar-refractivity contribution in [2.75, 3.05) is 19.0 Å². The van der Waals surface area contributed by atoms with E-state index >= 15 is 0 Å². The number of hydrogen-bond donors (Lipinski definition) is 1. The van der Waals surface area contributed by atoms with Crippen LogP contribution in [0.4, 0.5) is 10.1 Å². The Bertz CT molecular complexity index is 2090. The molecule has 0 aliphatic heterocycles. The number of nitrogens with zero attached hydrogens (tertiary/aromatic N) is 3. The van der Waals surface area contributed by atoms with Crippen LogP contribution in [0.5, 0.6) is 11.5 Å². The van der Waals surface area contributed by atoms with Gasteiger partial charge in [-0.05, 0) is 78.4 Å². The average Bonchev–Trinajstić information content (AvgIpc) is 3.43. The minimum atomic E-state index is -0.471. The zero-order valence-electron chi connectivity index (χ0n) is 22.6. The quantitative estimate of drug-likeness (QED) is 0.201. The third-order valence-corrected chi connectivity index (χ3v) is 6.66. The van der Waals surface area contributed by atoms with Gasteiger partial charge < -0.3 is 19.2 Å². The standard InChI is InChI=1S/C32H22ClFN4O5/c1-41-28-13-19(9-11-27(28)42-18-30(39)36-23-6-4-5-22(34)16-23)17-35-38-31(37-25-8-3-2-7-24(25)32(38)40)29-15-20-14-21(33)10-12-26(20)43-29/h2-17H,18H2,1H3,(H,36,39). The molecule has 11 heteroatoms. The molecule has 0 spiro atoms. The number of para-hydroxylation sites is 1. The van der Waals surface area contributed by atoms with Crippen molar-refractivity contribution in [1.82, 2.24) is 9.66 Å². The maximum absolute atomic E-state index is 13.5. The van der Waals surface area contributed by atoms with E-state index < -0.39 is 11.7 Å². The van der Waals surface area contributed by atoms with Crippen LogP contribution in [0.25, 0.3) is 33.5 Å². The van der Waals surface area contributed by atoms with Crippen molar-refractivity contribution >= 4 is 51.3 Å². The largest absolute Gasteiger partial charge is 0.493 e. The highest BCUT2D eigenvalue weighted by Gasteiger charge is 2.17. The number of aromatic nitrogens is 2. The summed E-state index contributed by atoms with van der Waals surface area (Å²) in [4.78, 5) is 30.5. The molecule has 6 rings (SSSR count). The molecule has 0 aliphatic rings. The van der Waals surface area contributed by atoms with Gasteiger partial charge in [-0.25, -0.2) is 9.37 Å². The summed E-state index contributed by atoms with van der Waals surface area (Å²) in [6, 6.07) is 24.5. The van der Waals surface area contributed by atoms with Crippen LogP contribution in [0.1, 0.15) is 5.56 Å². The predicted molar refractivity (Wildman–Crippen MR) is 163 cm³/mol. The van der Waals surface area contributed by atoms with Crippen LogP contribution in [0.15, 0.2) is 105 Å². The van der Waals surface area contributed by atoms with E-state index in [1.807, 2.05) is 0 Å². The van der Waals surface area contributed by atoms with Gasteiger partial charge in [0.2, 0.25) is 5.82 Å². The molecule has 4 aromatic carbocycles. The smallest absolute Gasteiger partial charge is 0.282 e. The summed E-state index contributed by atoms with van der Waals surface area (Å²) in [5.41, 5.74) is 1.60. The number of carbonyl (C=O) groups excluding carboxylic acids is 1. The maximum atomic E-state index is 13.5. The number of fused-ring (bicyclic) bond motifs is 2. The SMILES string of the molecule is COc1cc(C=Nn2c(-c3cc4cc(Cl)ccc4o3)nc3ccccc3c2=O)ccc1OCC(=O)Nc1cccc(F)c1. The van der Waals surface area contributed by atoms with Crippen LogP contribution in [0, 0.1) is 5.82 Å². The fourth-order valence-electron chi connectivity index (χ4n) is 4.43. The molecule has 0 unspecified atom stereocenters. The lowest BCUT2D eigenvalue weighted by atomic mass is 10.2. The number of halogens is 2. The molecule has 0 fully saturated rings. The van der Waals surface area contributed by atoms with Gasteiger partial charge in [0.1, 0.15) is 11.4 Å².